The molecule has 0 saturated heterocycles. The number of carbonyl (C=O) groups is 1. The summed E-state index contributed by atoms with van der Waals surface area (Å²) in [5.74, 6) is 0.916. The van der Waals surface area contributed by atoms with Gasteiger partial charge < -0.3 is 5.32 Å². The zero-order valence-electron chi connectivity index (χ0n) is 19.6. The zero-order valence-corrected chi connectivity index (χ0v) is 22.7. The number of halogens is 2. The minimum atomic E-state index is -0.219. The lowest BCUT2D eigenvalue weighted by Gasteiger charge is -2.14. The van der Waals surface area contributed by atoms with Gasteiger partial charge in [-0.15, -0.1) is 21.5 Å². The molecule has 7 nitrogen and oxygen atoms in total. The van der Waals surface area contributed by atoms with Crippen molar-refractivity contribution < 1.29 is 4.79 Å². The molecule has 11 heteroatoms. The molecule has 2 aromatic carbocycles. The Hall–Kier alpha value is -3.24. The number of thioether (sulfide) groups is 1. The Labute approximate surface area is 231 Å². The number of aromatic nitrogens is 5. The molecule has 5 aromatic rings. The van der Waals surface area contributed by atoms with Crippen molar-refractivity contribution in [3.05, 3.63) is 104 Å². The van der Waals surface area contributed by atoms with Crippen molar-refractivity contribution in [1.82, 2.24) is 30.0 Å². The third-order valence-corrected chi connectivity index (χ3v) is 8.01. The van der Waals surface area contributed by atoms with E-state index in [2.05, 4.69) is 25.5 Å². The molecule has 1 N–H and O–H groups in total. The lowest BCUT2D eigenvalue weighted by atomic mass is 10.1. The first-order valence-electron chi connectivity index (χ1n) is 11.2. The van der Waals surface area contributed by atoms with Crippen LogP contribution in [0.3, 0.4) is 0 Å². The Balaban J connectivity index is 1.37. The predicted octanol–water partition coefficient (Wildman–Crippen LogP) is 6.62. The predicted molar refractivity (Wildman–Crippen MR) is 149 cm³/mol. The molecule has 3 heterocycles. The molecule has 1 amide bonds. The Kier molecular flexibility index (Phi) is 7.85. The summed E-state index contributed by atoms with van der Waals surface area (Å²) >= 11 is 15.8. The molecule has 0 saturated carbocycles. The van der Waals surface area contributed by atoms with Crippen molar-refractivity contribution in [2.45, 2.75) is 24.4 Å². The van der Waals surface area contributed by atoms with E-state index >= 15 is 0 Å². The normalized spacial score (nSPS) is 11.0. The van der Waals surface area contributed by atoms with Crippen LogP contribution in [0.4, 0.5) is 0 Å². The van der Waals surface area contributed by atoms with Gasteiger partial charge in [0.15, 0.2) is 11.0 Å². The highest BCUT2D eigenvalue weighted by Crippen LogP contribution is 2.35. The molecule has 0 atom stereocenters. The Morgan fingerprint density at radius 3 is 2.70 bits per heavy atom. The van der Waals surface area contributed by atoms with Crippen molar-refractivity contribution in [2.24, 2.45) is 0 Å². The van der Waals surface area contributed by atoms with E-state index < -0.39 is 0 Å². The summed E-state index contributed by atoms with van der Waals surface area (Å²) in [5.41, 5.74) is 4.01. The second-order valence-electron chi connectivity index (χ2n) is 8.01. The highest BCUT2D eigenvalue weighted by atomic mass is 35.5. The largest absolute Gasteiger partial charge is 0.347 e. The number of hydrogen-bond donors (Lipinski definition) is 1. The molecule has 0 fully saturated rings. The monoisotopic (exact) mass is 566 g/mol. The third kappa shape index (κ3) is 5.86. The van der Waals surface area contributed by atoms with Gasteiger partial charge in [0.05, 0.1) is 16.5 Å². The van der Waals surface area contributed by atoms with Crippen LogP contribution in [0.15, 0.2) is 77.5 Å². The van der Waals surface area contributed by atoms with Gasteiger partial charge in [0.2, 0.25) is 0 Å². The minimum absolute atomic E-state index is 0.219. The van der Waals surface area contributed by atoms with Crippen LogP contribution in [0.2, 0.25) is 10.0 Å². The number of nitrogens with one attached hydrogen (secondary N) is 1. The maximum Gasteiger partial charge on any atom is 0.271 e. The third-order valence-electron chi connectivity index (χ3n) is 5.47. The molecule has 37 heavy (non-hydrogen) atoms. The molecule has 5 rings (SSSR count). The summed E-state index contributed by atoms with van der Waals surface area (Å²) in [4.78, 5) is 21.1. The van der Waals surface area contributed by atoms with E-state index in [1.165, 1.54) is 23.1 Å². The van der Waals surface area contributed by atoms with Crippen LogP contribution in [0.25, 0.3) is 17.1 Å². The summed E-state index contributed by atoms with van der Waals surface area (Å²) in [6.07, 6.45) is 3.39. The Bertz CT molecular complexity index is 1550. The summed E-state index contributed by atoms with van der Waals surface area (Å²) < 4.78 is 1.96. The number of pyridine rings is 1. The average Bonchev–Trinajstić information content (AvgIpc) is 3.56. The Morgan fingerprint density at radius 2 is 1.89 bits per heavy atom. The average molecular weight is 568 g/mol. The number of amides is 1. The van der Waals surface area contributed by atoms with Crippen LogP contribution >= 0.6 is 46.3 Å². The Morgan fingerprint density at radius 1 is 1.08 bits per heavy atom. The van der Waals surface area contributed by atoms with Gasteiger partial charge in [-0.1, -0.05) is 53.2 Å². The molecule has 0 unspecified atom stereocenters. The molecule has 0 aliphatic rings. The van der Waals surface area contributed by atoms with Gasteiger partial charge in [-0.25, -0.2) is 4.98 Å². The van der Waals surface area contributed by atoms with Gasteiger partial charge in [-0.05, 0) is 54.4 Å². The number of benzene rings is 2. The molecule has 0 aliphatic carbocycles. The molecule has 0 radical (unpaired) electrons. The fourth-order valence-electron chi connectivity index (χ4n) is 3.60. The van der Waals surface area contributed by atoms with E-state index in [9.17, 15) is 4.79 Å². The van der Waals surface area contributed by atoms with Gasteiger partial charge in [0, 0.05) is 34.9 Å². The van der Waals surface area contributed by atoms with Crippen molar-refractivity contribution in [1.29, 1.82) is 0 Å². The molecule has 0 spiro atoms. The lowest BCUT2D eigenvalue weighted by molar-refractivity contribution is 0.0946. The number of thiazole rings is 1. The second-order valence-corrected chi connectivity index (χ2v) is 10.7. The molecule has 0 aliphatic heterocycles. The van der Waals surface area contributed by atoms with E-state index in [4.69, 9.17) is 23.2 Å². The van der Waals surface area contributed by atoms with Gasteiger partial charge in [0.1, 0.15) is 10.7 Å². The number of carbonyl (C=O) groups excluding carboxylic acids is 1. The second kappa shape index (κ2) is 11.4. The van der Waals surface area contributed by atoms with Crippen LogP contribution in [0.1, 0.15) is 26.6 Å². The first-order valence-corrected chi connectivity index (χ1v) is 13.8. The minimum Gasteiger partial charge on any atom is -0.347 e. The molecule has 0 bridgehead atoms. The highest BCUT2D eigenvalue weighted by molar-refractivity contribution is 7.98. The smallest absolute Gasteiger partial charge is 0.271 e. The standard InChI is InChI=1S/C26H20Cl2N6OS2/c1-16-6-7-18(27)12-22(16)34-24(19-4-2-3-5-20(19)28)32-33-26(34)37-15-23-31-21(14-36-23)25(35)30-13-17-8-10-29-11-9-17/h2-12,14H,13,15H2,1H3,(H,30,35). The fraction of sp³-hybridized carbons (Fsp3) is 0.115. The molecular weight excluding hydrogens is 547 g/mol. The van der Waals surface area contributed by atoms with Crippen LogP contribution in [-0.4, -0.2) is 30.6 Å². The van der Waals surface area contributed by atoms with Crippen molar-refractivity contribution >= 4 is 52.2 Å². The molecular formula is C26H20Cl2N6OS2. The quantitative estimate of drug-likeness (QED) is 0.212. The molecule has 186 valence electrons. The van der Waals surface area contributed by atoms with Crippen molar-refractivity contribution in [2.75, 3.05) is 0 Å². The van der Waals surface area contributed by atoms with Crippen LogP contribution in [0.5, 0.6) is 0 Å². The lowest BCUT2D eigenvalue weighted by Crippen LogP contribution is -2.23. The van der Waals surface area contributed by atoms with Crippen LogP contribution in [0, 0.1) is 6.92 Å². The number of hydrogen-bond acceptors (Lipinski definition) is 7. The van der Waals surface area contributed by atoms with Crippen molar-refractivity contribution in [3.63, 3.8) is 0 Å². The van der Waals surface area contributed by atoms with Gasteiger partial charge in [-0.3, -0.25) is 14.3 Å². The molecule has 3 aromatic heterocycles. The summed E-state index contributed by atoms with van der Waals surface area (Å²) in [6, 6.07) is 16.9. The van der Waals surface area contributed by atoms with E-state index in [-0.39, 0.29) is 5.91 Å². The number of aryl methyl sites for hydroxylation is 1. The van der Waals surface area contributed by atoms with E-state index in [0.717, 1.165) is 27.4 Å². The maximum atomic E-state index is 12.6. The zero-order chi connectivity index (χ0) is 25.8. The highest BCUT2D eigenvalue weighted by Gasteiger charge is 2.20. The number of rotatable bonds is 8. The van der Waals surface area contributed by atoms with Crippen LogP contribution < -0.4 is 5.32 Å². The van der Waals surface area contributed by atoms with E-state index in [0.29, 0.717) is 39.0 Å². The van der Waals surface area contributed by atoms with Gasteiger partial charge in [0.25, 0.3) is 5.91 Å². The first kappa shape index (κ1) is 25.4. The maximum absolute atomic E-state index is 12.6. The summed E-state index contributed by atoms with van der Waals surface area (Å²) in [6.45, 7) is 2.42. The first-order chi connectivity index (χ1) is 18.0. The summed E-state index contributed by atoms with van der Waals surface area (Å²) in [5, 5.41) is 16.2. The van der Waals surface area contributed by atoms with Gasteiger partial charge >= 0.3 is 0 Å². The van der Waals surface area contributed by atoms with E-state index in [1.54, 1.807) is 17.8 Å². The fourth-order valence-corrected chi connectivity index (χ4v) is 5.73. The topological polar surface area (TPSA) is 85.6 Å². The van der Waals surface area contributed by atoms with E-state index in [1.807, 2.05) is 66.1 Å². The SMILES string of the molecule is Cc1ccc(Cl)cc1-n1c(SCc2nc(C(=O)NCc3ccncc3)cs2)nnc1-c1ccccc1Cl. The van der Waals surface area contributed by atoms with Crippen molar-refractivity contribution in [3.8, 4) is 17.1 Å². The van der Waals surface area contributed by atoms with Gasteiger partial charge in [-0.2, -0.15) is 0 Å². The summed E-state index contributed by atoms with van der Waals surface area (Å²) in [7, 11) is 0. The number of nitrogens with zero attached hydrogens (tertiary/aromatic N) is 5. The van der Waals surface area contributed by atoms with Crippen LogP contribution in [-0.2, 0) is 12.3 Å².